The van der Waals surface area contributed by atoms with Crippen molar-refractivity contribution in [1.29, 1.82) is 0 Å². The number of methoxy groups -OCH3 is 1. The first-order chi connectivity index (χ1) is 27.1. The van der Waals surface area contributed by atoms with Gasteiger partial charge in [-0.2, -0.15) is 13.2 Å². The molecule has 10 nitrogen and oxygen atoms in total. The third kappa shape index (κ3) is 8.53. The molecule has 4 heterocycles. The molecule has 0 saturated heterocycles. The van der Waals surface area contributed by atoms with Crippen molar-refractivity contribution in [3.8, 4) is 33.9 Å². The molecule has 6 N–H and O–H groups in total. The highest BCUT2D eigenvalue weighted by Crippen LogP contribution is 2.37. The van der Waals surface area contributed by atoms with Crippen LogP contribution in [0.25, 0.3) is 44.3 Å². The van der Waals surface area contributed by atoms with E-state index in [-0.39, 0.29) is 5.69 Å². The maximum atomic E-state index is 13.0. The molecule has 0 unspecified atom stereocenters. The van der Waals surface area contributed by atoms with Crippen LogP contribution in [0.3, 0.4) is 0 Å². The van der Waals surface area contributed by atoms with Gasteiger partial charge < -0.3 is 35.8 Å². The van der Waals surface area contributed by atoms with Gasteiger partial charge in [-0.05, 0) is 89.5 Å². The topological polar surface area (TPSA) is 143 Å². The summed E-state index contributed by atoms with van der Waals surface area (Å²) in [4.78, 5) is 27.3. The minimum Gasteiger partial charge on any atom is -0.497 e. The molecule has 0 fully saturated rings. The second-order valence-electron chi connectivity index (χ2n) is 12.4. The van der Waals surface area contributed by atoms with Crippen molar-refractivity contribution in [2.24, 2.45) is 0 Å². The summed E-state index contributed by atoms with van der Waals surface area (Å²) >= 11 is 5.62. The number of carbonyl (C=O) groups excluding carboxylic acids is 1. The fourth-order valence-electron chi connectivity index (χ4n) is 5.99. The third-order valence-electron chi connectivity index (χ3n) is 8.73. The highest BCUT2D eigenvalue weighted by atomic mass is 35.5. The Morgan fingerprint density at radius 3 is 2.39 bits per heavy atom. The molecule has 2 amide bonds. The van der Waals surface area contributed by atoms with Gasteiger partial charge in [-0.25, -0.2) is 14.8 Å². The molecule has 4 aromatic heterocycles. The van der Waals surface area contributed by atoms with Gasteiger partial charge in [0.2, 0.25) is 0 Å². The average Bonchev–Trinajstić information content (AvgIpc) is 3.85. The lowest BCUT2D eigenvalue weighted by Gasteiger charge is -2.12. The van der Waals surface area contributed by atoms with Gasteiger partial charge in [-0.1, -0.05) is 54.1 Å². The zero-order valence-electron chi connectivity index (χ0n) is 29.6. The van der Waals surface area contributed by atoms with Gasteiger partial charge in [-0.15, -0.1) is 0 Å². The molecule has 0 aliphatic rings. The highest BCUT2D eigenvalue weighted by Gasteiger charge is 2.33. The van der Waals surface area contributed by atoms with Crippen LogP contribution < -0.4 is 25.8 Å². The standard InChI is InChI=1S/C22H16ClF3N4O2.C20H17N3O/c1-32-14-5-2-12(3-6-14)19-11-15-18(8-9-27-20(15)29-19)30-21(31)28-13-4-7-17(23)16(10-13)22(24,25)26;21-20-19-17(12-23-18(19)9-10-22-20)15-7-4-8-16(11-15)24-13-14-5-2-1-3-6-14/h2-11H,1H3,(H3,27,28,29,30,31);1-12,23H,13H2,(H2,21,22). The summed E-state index contributed by atoms with van der Waals surface area (Å²) in [7, 11) is 1.58. The maximum absolute atomic E-state index is 13.0. The van der Waals surface area contributed by atoms with Gasteiger partial charge in [0.25, 0.3) is 0 Å². The van der Waals surface area contributed by atoms with Gasteiger partial charge >= 0.3 is 12.2 Å². The van der Waals surface area contributed by atoms with Crippen molar-refractivity contribution in [3.63, 3.8) is 0 Å². The number of nitrogen functional groups attached to an aromatic ring is 1. The lowest BCUT2D eigenvalue weighted by molar-refractivity contribution is -0.137. The van der Waals surface area contributed by atoms with Gasteiger partial charge in [0.05, 0.1) is 28.9 Å². The van der Waals surface area contributed by atoms with E-state index in [9.17, 15) is 18.0 Å². The molecular formula is C42H33ClF3N7O3. The molecule has 8 rings (SSSR count). The maximum Gasteiger partial charge on any atom is 0.417 e. The highest BCUT2D eigenvalue weighted by molar-refractivity contribution is 6.31. The number of hydrogen-bond donors (Lipinski definition) is 5. The number of nitrogens with one attached hydrogen (secondary N) is 4. The normalized spacial score (nSPS) is 11.2. The molecule has 0 saturated carbocycles. The second-order valence-corrected chi connectivity index (χ2v) is 12.8. The van der Waals surface area contributed by atoms with Crippen molar-refractivity contribution in [2.75, 3.05) is 23.5 Å². The van der Waals surface area contributed by atoms with E-state index >= 15 is 0 Å². The van der Waals surface area contributed by atoms with E-state index in [2.05, 4.69) is 42.7 Å². The minimum atomic E-state index is -4.63. The van der Waals surface area contributed by atoms with Crippen molar-refractivity contribution in [3.05, 3.63) is 150 Å². The van der Waals surface area contributed by atoms with Crippen molar-refractivity contribution in [1.82, 2.24) is 19.9 Å². The van der Waals surface area contributed by atoms with Crippen LogP contribution in [0.5, 0.6) is 11.5 Å². The van der Waals surface area contributed by atoms with Crippen LogP contribution in [-0.4, -0.2) is 33.1 Å². The summed E-state index contributed by atoms with van der Waals surface area (Å²) < 4.78 is 50.2. The Morgan fingerprint density at radius 1 is 0.839 bits per heavy atom. The first-order valence-electron chi connectivity index (χ1n) is 17.1. The zero-order chi connectivity index (χ0) is 39.2. The van der Waals surface area contributed by atoms with E-state index in [0.717, 1.165) is 62.5 Å². The summed E-state index contributed by atoms with van der Waals surface area (Å²) in [6.07, 6.45) is 0.540. The first-order valence-corrected chi connectivity index (χ1v) is 17.5. The number of nitrogens with two attached hydrogens (primary N) is 1. The molecule has 0 bridgehead atoms. The number of ether oxygens (including phenoxy) is 2. The van der Waals surface area contributed by atoms with E-state index < -0.39 is 22.8 Å². The first kappa shape index (κ1) is 37.3. The quantitative estimate of drug-likeness (QED) is 0.104. The number of pyridine rings is 2. The Morgan fingerprint density at radius 2 is 1.62 bits per heavy atom. The van der Waals surface area contributed by atoms with E-state index in [1.54, 1.807) is 19.4 Å². The molecule has 0 atom stereocenters. The number of nitrogens with zero attached hydrogens (tertiary/aromatic N) is 2. The van der Waals surface area contributed by atoms with E-state index in [1.165, 1.54) is 12.3 Å². The number of aromatic amines is 2. The number of aromatic nitrogens is 4. The minimum absolute atomic E-state index is 0.0440. The largest absolute Gasteiger partial charge is 0.497 e. The molecule has 4 aromatic carbocycles. The molecule has 0 aliphatic heterocycles. The smallest absolute Gasteiger partial charge is 0.417 e. The summed E-state index contributed by atoms with van der Waals surface area (Å²) in [6.45, 7) is 0.544. The lowest BCUT2D eigenvalue weighted by Crippen LogP contribution is -2.20. The Kier molecular flexibility index (Phi) is 10.8. The number of benzene rings is 4. The lowest BCUT2D eigenvalue weighted by atomic mass is 10.1. The van der Waals surface area contributed by atoms with Crippen molar-refractivity contribution in [2.45, 2.75) is 12.8 Å². The van der Waals surface area contributed by atoms with Crippen LogP contribution in [0, 0.1) is 0 Å². The number of alkyl halides is 3. The van der Waals surface area contributed by atoms with Crippen LogP contribution in [0.15, 0.2) is 134 Å². The second kappa shape index (κ2) is 16.2. The molecule has 14 heteroatoms. The van der Waals surface area contributed by atoms with Crippen molar-refractivity contribution < 1.29 is 27.4 Å². The molecule has 0 spiro atoms. The van der Waals surface area contributed by atoms with E-state index in [4.69, 9.17) is 26.8 Å². The van der Waals surface area contributed by atoms with E-state index in [0.29, 0.717) is 29.1 Å². The van der Waals surface area contributed by atoms with E-state index in [1.807, 2.05) is 85.1 Å². The average molecular weight is 776 g/mol. The van der Waals surface area contributed by atoms with Gasteiger partial charge in [0.15, 0.2) is 0 Å². The van der Waals surface area contributed by atoms with Crippen LogP contribution in [-0.2, 0) is 12.8 Å². The summed E-state index contributed by atoms with van der Waals surface area (Å²) in [5.74, 6) is 2.07. The van der Waals surface area contributed by atoms with Gasteiger partial charge in [0.1, 0.15) is 29.6 Å². The zero-order valence-corrected chi connectivity index (χ0v) is 30.4. The Hall–Kier alpha value is -6.99. The molecule has 8 aromatic rings. The number of amides is 2. The van der Waals surface area contributed by atoms with Crippen LogP contribution in [0.2, 0.25) is 5.02 Å². The number of halogens is 4. The van der Waals surface area contributed by atoms with Gasteiger partial charge in [0, 0.05) is 46.3 Å². The van der Waals surface area contributed by atoms with Crippen LogP contribution in [0.4, 0.5) is 35.2 Å². The molecule has 56 heavy (non-hydrogen) atoms. The molecule has 282 valence electrons. The fourth-order valence-corrected chi connectivity index (χ4v) is 6.22. The predicted octanol–water partition coefficient (Wildman–Crippen LogP) is 10.9. The Labute approximate surface area is 323 Å². The summed E-state index contributed by atoms with van der Waals surface area (Å²) in [5, 5.41) is 6.17. The predicted molar refractivity (Wildman–Crippen MR) is 214 cm³/mol. The number of carbonyl (C=O) groups is 1. The number of rotatable bonds is 8. The Bertz CT molecular complexity index is 2630. The van der Waals surface area contributed by atoms with Crippen LogP contribution in [0.1, 0.15) is 11.1 Å². The Balaban J connectivity index is 0.000000178. The summed E-state index contributed by atoms with van der Waals surface area (Å²) in [5.41, 5.74) is 11.8. The number of hydrogen-bond acceptors (Lipinski definition) is 6. The number of H-pyrrole nitrogens is 2. The molecular weight excluding hydrogens is 743 g/mol. The number of anilines is 3. The number of fused-ring (bicyclic) bond motifs is 2. The number of urea groups is 1. The third-order valence-corrected chi connectivity index (χ3v) is 9.06. The van der Waals surface area contributed by atoms with Gasteiger partial charge in [-0.3, -0.25) is 0 Å². The monoisotopic (exact) mass is 775 g/mol. The SMILES string of the molecule is COc1ccc(-c2cc3c(NC(=O)Nc4ccc(Cl)c(C(F)(F)F)c4)ccnc3[nH]2)cc1.Nc1nccc2[nH]cc(-c3cccc(OCc4ccccc4)c3)c12. The molecule has 0 aliphatic carbocycles. The van der Waals surface area contributed by atoms with Crippen molar-refractivity contribution >= 4 is 56.8 Å². The fraction of sp³-hybridized carbons (Fsp3) is 0.0714. The molecule has 0 radical (unpaired) electrons. The summed E-state index contributed by atoms with van der Waals surface area (Å²) in [6, 6.07) is 33.3. The van der Waals surface area contributed by atoms with Crippen LogP contribution >= 0.6 is 11.6 Å².